The van der Waals surface area contributed by atoms with Crippen molar-refractivity contribution in [2.45, 2.75) is 50.1 Å². The Morgan fingerprint density at radius 3 is 2.60 bits per heavy atom. The summed E-state index contributed by atoms with van der Waals surface area (Å²) in [4.78, 5) is 42.9. The molecule has 2 aliphatic heterocycles. The zero-order chi connectivity index (χ0) is 28.3. The maximum atomic E-state index is 13.2. The third-order valence-electron chi connectivity index (χ3n) is 7.73. The van der Waals surface area contributed by atoms with Gasteiger partial charge in [-0.1, -0.05) is 41.9 Å². The molecular formula is C28H33ClN4O5S2. The van der Waals surface area contributed by atoms with Gasteiger partial charge in [-0.2, -0.15) is 4.72 Å². The molecule has 2 saturated heterocycles. The number of hydrogen-bond acceptors (Lipinski definition) is 6. The molecule has 1 aromatic heterocycles. The van der Waals surface area contributed by atoms with Gasteiger partial charge in [0.25, 0.3) is 0 Å². The molecule has 0 radical (unpaired) electrons. The minimum atomic E-state index is -3.87. The van der Waals surface area contributed by atoms with E-state index in [1.807, 2.05) is 30.3 Å². The van der Waals surface area contributed by atoms with Crippen molar-refractivity contribution in [1.29, 1.82) is 0 Å². The number of halogens is 1. The fourth-order valence-electron chi connectivity index (χ4n) is 5.55. The number of nitrogens with one attached hydrogen (secondary N) is 2. The second kappa shape index (κ2) is 12.4. The van der Waals surface area contributed by atoms with Gasteiger partial charge in [0.15, 0.2) is 0 Å². The molecule has 1 aliphatic carbocycles. The van der Waals surface area contributed by atoms with Crippen LogP contribution in [0.3, 0.4) is 0 Å². The van der Waals surface area contributed by atoms with Crippen molar-refractivity contribution in [2.75, 3.05) is 26.2 Å². The first-order chi connectivity index (χ1) is 19.2. The van der Waals surface area contributed by atoms with E-state index in [0.29, 0.717) is 41.7 Å². The van der Waals surface area contributed by atoms with E-state index in [1.165, 1.54) is 27.9 Å². The zero-order valence-corrected chi connectivity index (χ0v) is 24.4. The van der Waals surface area contributed by atoms with E-state index in [-0.39, 0.29) is 36.2 Å². The van der Waals surface area contributed by atoms with E-state index >= 15 is 0 Å². The summed E-state index contributed by atoms with van der Waals surface area (Å²) in [6, 6.07) is 12.4. The summed E-state index contributed by atoms with van der Waals surface area (Å²) in [6.07, 6.45) is 4.84. The lowest BCUT2D eigenvalue weighted by molar-refractivity contribution is -0.143. The molecule has 0 unspecified atom stereocenters. The molecule has 5 rings (SSSR count). The van der Waals surface area contributed by atoms with Crippen molar-refractivity contribution in [2.24, 2.45) is 5.92 Å². The van der Waals surface area contributed by atoms with Crippen LogP contribution < -0.4 is 10.0 Å². The lowest BCUT2D eigenvalue weighted by Crippen LogP contribution is -2.55. The maximum Gasteiger partial charge on any atom is 0.242 e. The molecule has 1 aromatic carbocycles. The number of benzene rings is 1. The number of carbonyl (C=O) groups is 3. The highest BCUT2D eigenvalue weighted by molar-refractivity contribution is 7.92. The first-order valence-corrected chi connectivity index (χ1v) is 16.3. The summed E-state index contributed by atoms with van der Waals surface area (Å²) in [5, 5.41) is 4.07. The predicted molar refractivity (Wildman–Crippen MR) is 155 cm³/mol. The lowest BCUT2D eigenvalue weighted by Gasteiger charge is -2.34. The van der Waals surface area contributed by atoms with E-state index in [0.717, 1.165) is 24.7 Å². The summed E-state index contributed by atoms with van der Waals surface area (Å²) in [7, 11) is -3.87. The van der Waals surface area contributed by atoms with Crippen LogP contribution >= 0.6 is 22.9 Å². The summed E-state index contributed by atoms with van der Waals surface area (Å²) in [6.45, 7) is 1.25. The highest BCUT2D eigenvalue weighted by atomic mass is 35.5. The van der Waals surface area contributed by atoms with Gasteiger partial charge in [0.1, 0.15) is 6.04 Å². The van der Waals surface area contributed by atoms with Gasteiger partial charge in [0, 0.05) is 41.9 Å². The fourth-order valence-corrected chi connectivity index (χ4v) is 7.62. The number of piperidine rings is 1. The minimum absolute atomic E-state index is 0.0192. The van der Waals surface area contributed by atoms with Gasteiger partial charge in [-0.05, 0) is 61.8 Å². The standard InChI is InChI=1S/C28H33ClN4O5S2/c29-25-11-10-21(39-25)12-15-40(37,38)31-24-9-5-13-32(28(24)36)18-26(34)33-14-4-8-20(33)17-30-27(35)23-16-22(23)19-6-2-1-3-7-19/h1-3,6-7,10-12,15,20,22-24,31H,4-5,8-9,13-14,16-18H2,(H,30,35)/t20-,22-,23+,24-/m0/s1. The first kappa shape index (κ1) is 28.8. The Kier molecular flexibility index (Phi) is 8.94. The first-order valence-electron chi connectivity index (χ1n) is 13.6. The monoisotopic (exact) mass is 604 g/mol. The topological polar surface area (TPSA) is 116 Å². The summed E-state index contributed by atoms with van der Waals surface area (Å²) in [5.74, 6) is -0.344. The summed E-state index contributed by atoms with van der Waals surface area (Å²) >= 11 is 7.14. The van der Waals surface area contributed by atoms with Crippen LogP contribution in [0, 0.1) is 5.92 Å². The molecule has 3 amide bonds. The van der Waals surface area contributed by atoms with Gasteiger partial charge in [0.05, 0.1) is 10.9 Å². The molecule has 12 heteroatoms. The molecule has 9 nitrogen and oxygen atoms in total. The van der Waals surface area contributed by atoms with Crippen LogP contribution in [0.1, 0.15) is 48.5 Å². The van der Waals surface area contributed by atoms with E-state index in [4.69, 9.17) is 11.6 Å². The normalized spacial score (nSPS) is 25.0. The molecule has 3 aliphatic rings. The number of rotatable bonds is 10. The maximum absolute atomic E-state index is 13.2. The summed E-state index contributed by atoms with van der Waals surface area (Å²) < 4.78 is 28.2. The van der Waals surface area contributed by atoms with E-state index < -0.39 is 22.0 Å². The van der Waals surface area contributed by atoms with Crippen LogP contribution in [-0.4, -0.2) is 74.2 Å². The molecule has 4 atom stereocenters. The second-order valence-electron chi connectivity index (χ2n) is 10.5. The van der Waals surface area contributed by atoms with Gasteiger partial charge in [-0.25, -0.2) is 8.42 Å². The molecule has 3 fully saturated rings. The molecule has 3 heterocycles. The van der Waals surface area contributed by atoms with Crippen molar-refractivity contribution < 1.29 is 22.8 Å². The summed E-state index contributed by atoms with van der Waals surface area (Å²) in [5.41, 5.74) is 1.18. The van der Waals surface area contributed by atoms with Gasteiger partial charge in [0.2, 0.25) is 27.7 Å². The fraction of sp³-hybridized carbons (Fsp3) is 0.464. The van der Waals surface area contributed by atoms with Crippen molar-refractivity contribution in [3.05, 3.63) is 62.6 Å². The zero-order valence-electron chi connectivity index (χ0n) is 22.0. The Morgan fingerprint density at radius 2 is 1.85 bits per heavy atom. The Bertz CT molecular complexity index is 1380. The van der Waals surface area contributed by atoms with E-state index in [2.05, 4.69) is 10.0 Å². The second-order valence-corrected chi connectivity index (χ2v) is 13.9. The molecule has 214 valence electrons. The van der Waals surface area contributed by atoms with Gasteiger partial charge in [-0.15, -0.1) is 11.3 Å². The molecule has 2 N–H and O–H groups in total. The van der Waals surface area contributed by atoms with E-state index in [1.54, 1.807) is 17.0 Å². The van der Waals surface area contributed by atoms with Gasteiger partial charge in [-0.3, -0.25) is 14.4 Å². The Labute approximate surface area is 243 Å². The number of thiophene rings is 1. The molecule has 0 bridgehead atoms. The van der Waals surface area contributed by atoms with Crippen LogP contribution in [0.2, 0.25) is 4.34 Å². The van der Waals surface area contributed by atoms with Crippen molar-refractivity contribution in [1.82, 2.24) is 19.8 Å². The molecule has 40 heavy (non-hydrogen) atoms. The number of nitrogens with zero attached hydrogens (tertiary/aromatic N) is 2. The molecule has 2 aromatic rings. The minimum Gasteiger partial charge on any atom is -0.354 e. The Hall–Kier alpha value is -2.73. The largest absolute Gasteiger partial charge is 0.354 e. The average molecular weight is 605 g/mol. The third-order valence-corrected chi connectivity index (χ3v) is 10.0. The molecule has 0 spiro atoms. The van der Waals surface area contributed by atoms with Crippen molar-refractivity contribution in [3.8, 4) is 0 Å². The number of hydrogen-bond donors (Lipinski definition) is 2. The quantitative estimate of drug-likeness (QED) is 0.432. The smallest absolute Gasteiger partial charge is 0.242 e. The predicted octanol–water partition coefficient (Wildman–Crippen LogP) is 3.19. The van der Waals surface area contributed by atoms with Gasteiger partial charge >= 0.3 is 0 Å². The number of amides is 3. The molecular weight excluding hydrogens is 572 g/mol. The molecule has 1 saturated carbocycles. The van der Waals surface area contributed by atoms with Crippen LogP contribution in [0.25, 0.3) is 6.08 Å². The van der Waals surface area contributed by atoms with E-state index in [9.17, 15) is 22.8 Å². The van der Waals surface area contributed by atoms with Crippen molar-refractivity contribution in [3.63, 3.8) is 0 Å². The number of sulfonamides is 1. The average Bonchev–Trinajstić information content (AvgIpc) is 3.40. The van der Waals surface area contributed by atoms with Gasteiger partial charge < -0.3 is 15.1 Å². The van der Waals surface area contributed by atoms with Crippen LogP contribution in [0.15, 0.2) is 47.9 Å². The highest BCUT2D eigenvalue weighted by Gasteiger charge is 2.44. The van der Waals surface area contributed by atoms with Crippen molar-refractivity contribution >= 4 is 56.8 Å². The van der Waals surface area contributed by atoms with Crippen LogP contribution in [0.5, 0.6) is 0 Å². The number of likely N-dealkylation sites (tertiary alicyclic amines) is 2. The van der Waals surface area contributed by atoms with Crippen LogP contribution in [-0.2, 0) is 24.4 Å². The lowest BCUT2D eigenvalue weighted by atomic mass is 10.1. The highest BCUT2D eigenvalue weighted by Crippen LogP contribution is 2.47. The SMILES string of the molecule is O=C(NC[C@@H]1CCCN1C(=O)CN1CCC[C@H](NS(=O)(=O)C=Cc2ccc(Cl)s2)C1=O)[C@@H]1C[C@H]1c1ccccc1. The third kappa shape index (κ3) is 7.12. The Balaban J connectivity index is 1.11. The van der Waals surface area contributed by atoms with Crippen LogP contribution in [0.4, 0.5) is 0 Å². The Morgan fingerprint density at radius 1 is 1.07 bits per heavy atom. The number of carbonyl (C=O) groups excluding carboxylic acids is 3.